The third-order valence-electron chi connectivity index (χ3n) is 2.99. The number of hydrogen-bond acceptors (Lipinski definition) is 1. The van der Waals surface area contributed by atoms with Gasteiger partial charge in [-0.3, -0.25) is 0 Å². The number of nitrogens with zero attached hydrogens (tertiary/aromatic N) is 1. The van der Waals surface area contributed by atoms with Gasteiger partial charge in [0.15, 0.2) is 0 Å². The van der Waals surface area contributed by atoms with Gasteiger partial charge in [-0.15, -0.1) is 13.2 Å². The van der Waals surface area contributed by atoms with Gasteiger partial charge in [0.1, 0.15) is 0 Å². The Balaban J connectivity index is 2.34. The summed E-state index contributed by atoms with van der Waals surface area (Å²) in [7, 11) is 0. The molecule has 0 unspecified atom stereocenters. The van der Waals surface area contributed by atoms with Crippen molar-refractivity contribution in [1.82, 2.24) is 0 Å². The number of carbonyl (C=O) groups excluding carboxylic acids is 1. The van der Waals surface area contributed by atoms with Crippen LogP contribution >= 0.6 is 11.6 Å². The summed E-state index contributed by atoms with van der Waals surface area (Å²) in [5.41, 5.74) is -2.24. The molecule has 25 heavy (non-hydrogen) atoms. The highest BCUT2D eigenvalue weighted by atomic mass is 35.5. The highest BCUT2D eigenvalue weighted by Gasteiger charge is 2.42. The zero-order valence-corrected chi connectivity index (χ0v) is 12.9. The summed E-state index contributed by atoms with van der Waals surface area (Å²) >= 11 is 5.43. The van der Waals surface area contributed by atoms with Crippen molar-refractivity contribution in [3.63, 3.8) is 0 Å². The van der Waals surface area contributed by atoms with Gasteiger partial charge in [-0.1, -0.05) is 29.8 Å². The summed E-state index contributed by atoms with van der Waals surface area (Å²) in [6.07, 6.45) is -9.90. The highest BCUT2D eigenvalue weighted by Crippen LogP contribution is 2.36. The van der Waals surface area contributed by atoms with Gasteiger partial charge in [0, 0.05) is 5.69 Å². The summed E-state index contributed by atoms with van der Waals surface area (Å²) in [4.78, 5) is 11.5. The monoisotopic (exact) mass is 382 g/mol. The van der Waals surface area contributed by atoms with E-state index in [0.29, 0.717) is 6.07 Å². The summed E-state index contributed by atoms with van der Waals surface area (Å²) in [5.74, 6) is 0. The minimum absolute atomic E-state index is 0.458. The maximum Gasteiger partial charge on any atom is 0.493 e. The quantitative estimate of drug-likeness (QED) is 0.507. The van der Waals surface area contributed by atoms with Gasteiger partial charge < -0.3 is 5.32 Å². The molecule has 0 fully saturated rings. The summed E-state index contributed by atoms with van der Waals surface area (Å²) in [5, 5.41) is 1.16. The van der Waals surface area contributed by atoms with Crippen LogP contribution in [0.15, 0.2) is 48.5 Å². The Kier molecular flexibility index (Phi) is 5.17. The second-order valence-electron chi connectivity index (χ2n) is 4.76. The van der Waals surface area contributed by atoms with Gasteiger partial charge in [0.2, 0.25) is 0 Å². The average molecular weight is 383 g/mol. The molecular formula is C15H9ClF6N2O. The van der Waals surface area contributed by atoms with Crippen LogP contribution in [-0.4, -0.2) is 12.3 Å². The largest absolute Gasteiger partial charge is 0.493 e. The van der Waals surface area contributed by atoms with E-state index in [0.717, 1.165) is 24.3 Å². The molecular weight excluding hydrogens is 374 g/mol. The Labute approximate surface area is 142 Å². The summed E-state index contributed by atoms with van der Waals surface area (Å²) < 4.78 is 77.8. The van der Waals surface area contributed by atoms with E-state index in [4.69, 9.17) is 11.6 Å². The predicted molar refractivity (Wildman–Crippen MR) is 80.4 cm³/mol. The van der Waals surface area contributed by atoms with E-state index in [9.17, 15) is 31.1 Å². The molecule has 2 rings (SSSR count). The van der Waals surface area contributed by atoms with E-state index in [1.54, 1.807) is 5.32 Å². The third-order valence-corrected chi connectivity index (χ3v) is 3.32. The van der Waals surface area contributed by atoms with Crippen molar-refractivity contribution in [2.24, 2.45) is 0 Å². The maximum atomic E-state index is 13.2. The lowest BCUT2D eigenvalue weighted by atomic mass is 10.2. The third kappa shape index (κ3) is 4.56. The lowest BCUT2D eigenvalue weighted by Gasteiger charge is -2.25. The van der Waals surface area contributed by atoms with Crippen LogP contribution in [0.1, 0.15) is 5.56 Å². The Morgan fingerprint density at radius 1 is 0.960 bits per heavy atom. The van der Waals surface area contributed by atoms with E-state index in [2.05, 4.69) is 0 Å². The van der Waals surface area contributed by atoms with Crippen LogP contribution in [0.4, 0.5) is 42.5 Å². The number of nitrogens with one attached hydrogen (secondary N) is 1. The molecule has 0 spiro atoms. The molecule has 0 aliphatic carbocycles. The number of amides is 2. The van der Waals surface area contributed by atoms with Crippen molar-refractivity contribution in [1.29, 1.82) is 0 Å². The maximum absolute atomic E-state index is 13.2. The molecule has 0 heterocycles. The lowest BCUT2D eigenvalue weighted by molar-refractivity contribution is -0.137. The van der Waals surface area contributed by atoms with Gasteiger partial charge in [0.25, 0.3) is 0 Å². The van der Waals surface area contributed by atoms with Crippen LogP contribution in [0, 0.1) is 0 Å². The molecule has 134 valence electrons. The van der Waals surface area contributed by atoms with Crippen LogP contribution in [0.2, 0.25) is 5.02 Å². The molecule has 0 saturated heterocycles. The van der Waals surface area contributed by atoms with E-state index in [-0.39, 0.29) is 0 Å². The Bertz CT molecular complexity index is 761. The zero-order valence-electron chi connectivity index (χ0n) is 12.1. The molecule has 0 aliphatic heterocycles. The average Bonchev–Trinajstić information content (AvgIpc) is 2.48. The predicted octanol–water partition coefficient (Wildman–Crippen LogP) is 5.92. The number of alkyl halides is 6. The number of anilines is 2. The van der Waals surface area contributed by atoms with Crippen molar-refractivity contribution in [3.8, 4) is 0 Å². The standard InChI is InChI=1S/C15H9ClF6N2O/c16-12-7-6-9(8-11(12)14(17,18)19)23-13(25)24(15(20,21)22)10-4-2-1-3-5-10/h1-8H,(H,23,25). The first-order valence-electron chi connectivity index (χ1n) is 6.60. The number of benzene rings is 2. The van der Waals surface area contributed by atoms with E-state index < -0.39 is 45.4 Å². The van der Waals surface area contributed by atoms with Gasteiger partial charge >= 0.3 is 18.5 Å². The Hall–Kier alpha value is -2.42. The van der Waals surface area contributed by atoms with Gasteiger partial charge in [-0.25, -0.2) is 9.69 Å². The topological polar surface area (TPSA) is 32.3 Å². The minimum atomic E-state index is -5.08. The first kappa shape index (κ1) is 18.9. The molecule has 2 aromatic rings. The van der Waals surface area contributed by atoms with Crippen LogP contribution in [0.3, 0.4) is 0 Å². The fourth-order valence-electron chi connectivity index (χ4n) is 1.96. The lowest BCUT2D eigenvalue weighted by Crippen LogP contribution is -2.45. The minimum Gasteiger partial charge on any atom is -0.307 e. The van der Waals surface area contributed by atoms with Crippen LogP contribution in [0.25, 0.3) is 0 Å². The van der Waals surface area contributed by atoms with Crippen molar-refractivity contribution in [2.45, 2.75) is 12.5 Å². The van der Waals surface area contributed by atoms with Crippen molar-refractivity contribution < 1.29 is 31.1 Å². The number of para-hydroxylation sites is 1. The molecule has 0 atom stereocenters. The summed E-state index contributed by atoms with van der Waals surface area (Å²) in [6, 6.07) is 6.69. The van der Waals surface area contributed by atoms with Crippen molar-refractivity contribution in [3.05, 3.63) is 59.1 Å². The normalized spacial score (nSPS) is 12.0. The number of hydrogen-bond donors (Lipinski definition) is 1. The second-order valence-corrected chi connectivity index (χ2v) is 5.17. The first-order chi connectivity index (χ1) is 11.5. The number of carbonyl (C=O) groups is 1. The van der Waals surface area contributed by atoms with Gasteiger partial charge in [-0.05, 0) is 30.3 Å². The molecule has 1 N–H and O–H groups in total. The van der Waals surface area contributed by atoms with Crippen LogP contribution in [0.5, 0.6) is 0 Å². The van der Waals surface area contributed by atoms with Gasteiger partial charge in [0.05, 0.1) is 16.3 Å². The van der Waals surface area contributed by atoms with Gasteiger partial charge in [-0.2, -0.15) is 13.2 Å². The molecule has 0 saturated carbocycles. The molecule has 0 radical (unpaired) electrons. The molecule has 10 heteroatoms. The SMILES string of the molecule is O=C(Nc1ccc(Cl)c(C(F)(F)F)c1)N(c1ccccc1)C(F)(F)F. The molecule has 3 nitrogen and oxygen atoms in total. The van der Waals surface area contributed by atoms with Crippen molar-refractivity contribution in [2.75, 3.05) is 10.2 Å². The molecule has 0 bridgehead atoms. The van der Waals surface area contributed by atoms with E-state index in [1.165, 1.54) is 18.2 Å². The Morgan fingerprint density at radius 3 is 2.08 bits per heavy atom. The first-order valence-corrected chi connectivity index (χ1v) is 6.97. The molecule has 2 amide bonds. The number of halogens is 7. The van der Waals surface area contributed by atoms with Crippen LogP contribution in [-0.2, 0) is 6.18 Å². The van der Waals surface area contributed by atoms with Crippen LogP contribution < -0.4 is 10.2 Å². The second kappa shape index (κ2) is 6.83. The number of urea groups is 1. The number of rotatable bonds is 2. The Morgan fingerprint density at radius 2 is 1.56 bits per heavy atom. The highest BCUT2D eigenvalue weighted by molar-refractivity contribution is 6.31. The summed E-state index contributed by atoms with van der Waals surface area (Å²) in [6.45, 7) is 0. The van der Waals surface area contributed by atoms with E-state index >= 15 is 0 Å². The molecule has 2 aromatic carbocycles. The molecule has 0 aromatic heterocycles. The fourth-order valence-corrected chi connectivity index (χ4v) is 2.18. The van der Waals surface area contributed by atoms with E-state index in [1.807, 2.05) is 0 Å². The fraction of sp³-hybridized carbons (Fsp3) is 0.133. The molecule has 0 aliphatic rings. The van der Waals surface area contributed by atoms with Crippen molar-refractivity contribution >= 4 is 29.0 Å². The zero-order chi connectivity index (χ0) is 18.8. The smallest absolute Gasteiger partial charge is 0.307 e.